The lowest BCUT2D eigenvalue weighted by Crippen LogP contribution is -2.36. The summed E-state index contributed by atoms with van der Waals surface area (Å²) in [5.74, 6) is 0. The average molecular weight is 198 g/mol. The van der Waals surface area contributed by atoms with Crippen molar-refractivity contribution in [2.24, 2.45) is 11.1 Å². The zero-order valence-electron chi connectivity index (χ0n) is 9.17. The van der Waals surface area contributed by atoms with Gasteiger partial charge in [-0.2, -0.15) is 0 Å². The normalized spacial score (nSPS) is 29.8. The number of nitrogens with zero attached hydrogens (tertiary/aromatic N) is 1. The molecule has 82 valence electrons. The first-order valence-electron chi connectivity index (χ1n) is 5.74. The van der Waals surface area contributed by atoms with E-state index in [1.807, 2.05) is 0 Å². The molecule has 0 aromatic heterocycles. The van der Waals surface area contributed by atoms with Gasteiger partial charge in [0, 0.05) is 19.7 Å². The Morgan fingerprint density at radius 3 is 2.79 bits per heavy atom. The standard InChI is InChI=1S/C11H22N2O/c1-13(7-10-3-2-6-14-10)9-11(8-12)4-5-11/h10H,2-9,12H2,1H3. The molecular formula is C11H22N2O. The fraction of sp³-hybridized carbons (Fsp3) is 1.00. The van der Waals surface area contributed by atoms with Crippen molar-refractivity contribution in [1.29, 1.82) is 0 Å². The van der Waals surface area contributed by atoms with Gasteiger partial charge in [-0.1, -0.05) is 0 Å². The van der Waals surface area contributed by atoms with Crippen LogP contribution in [0.2, 0.25) is 0 Å². The quantitative estimate of drug-likeness (QED) is 0.711. The molecule has 0 spiro atoms. The highest BCUT2D eigenvalue weighted by Gasteiger charge is 2.42. The first-order valence-corrected chi connectivity index (χ1v) is 5.74. The van der Waals surface area contributed by atoms with Crippen LogP contribution in [-0.2, 0) is 4.74 Å². The number of nitrogens with two attached hydrogens (primary N) is 1. The average Bonchev–Trinajstić information content (AvgIpc) is 2.74. The maximum absolute atomic E-state index is 5.77. The largest absolute Gasteiger partial charge is 0.377 e. The van der Waals surface area contributed by atoms with Crippen LogP contribution >= 0.6 is 0 Å². The molecule has 0 aromatic carbocycles. The smallest absolute Gasteiger partial charge is 0.0702 e. The fourth-order valence-corrected chi connectivity index (χ4v) is 2.38. The molecular weight excluding hydrogens is 176 g/mol. The summed E-state index contributed by atoms with van der Waals surface area (Å²) in [6.07, 6.45) is 5.59. The van der Waals surface area contributed by atoms with Crippen LogP contribution in [-0.4, -0.2) is 44.3 Å². The van der Waals surface area contributed by atoms with E-state index in [-0.39, 0.29) is 0 Å². The topological polar surface area (TPSA) is 38.5 Å². The molecule has 1 unspecified atom stereocenters. The van der Waals surface area contributed by atoms with Gasteiger partial charge in [-0.15, -0.1) is 0 Å². The zero-order valence-corrected chi connectivity index (χ0v) is 9.17. The molecule has 1 saturated carbocycles. The van der Waals surface area contributed by atoms with Gasteiger partial charge >= 0.3 is 0 Å². The molecule has 1 atom stereocenters. The second kappa shape index (κ2) is 4.17. The third kappa shape index (κ3) is 2.47. The molecule has 1 aliphatic heterocycles. The molecule has 0 amide bonds. The maximum atomic E-state index is 5.77. The SMILES string of the molecule is CN(CC1CCCO1)CC1(CN)CC1. The van der Waals surface area contributed by atoms with Crippen LogP contribution in [0.1, 0.15) is 25.7 Å². The van der Waals surface area contributed by atoms with Crippen molar-refractivity contribution in [3.05, 3.63) is 0 Å². The predicted octanol–water partition coefficient (Wildman–Crippen LogP) is 0.836. The van der Waals surface area contributed by atoms with E-state index in [1.54, 1.807) is 0 Å². The molecule has 1 aliphatic carbocycles. The van der Waals surface area contributed by atoms with Crippen molar-refractivity contribution in [2.75, 3.05) is 33.3 Å². The molecule has 0 radical (unpaired) electrons. The lowest BCUT2D eigenvalue weighted by atomic mass is 10.1. The second-order valence-electron chi connectivity index (χ2n) is 5.04. The fourth-order valence-electron chi connectivity index (χ4n) is 2.38. The zero-order chi connectivity index (χ0) is 10.0. The number of hydrogen-bond donors (Lipinski definition) is 1. The Morgan fingerprint density at radius 1 is 1.50 bits per heavy atom. The van der Waals surface area contributed by atoms with Crippen LogP contribution in [0.5, 0.6) is 0 Å². The Labute approximate surface area is 86.6 Å². The lowest BCUT2D eigenvalue weighted by Gasteiger charge is -2.24. The van der Waals surface area contributed by atoms with Crippen molar-refractivity contribution in [3.8, 4) is 0 Å². The summed E-state index contributed by atoms with van der Waals surface area (Å²) in [4.78, 5) is 2.40. The van der Waals surface area contributed by atoms with Crippen LogP contribution in [0.3, 0.4) is 0 Å². The minimum absolute atomic E-state index is 0.466. The van der Waals surface area contributed by atoms with Crippen molar-refractivity contribution in [3.63, 3.8) is 0 Å². The first kappa shape index (κ1) is 10.4. The Hall–Kier alpha value is -0.120. The highest BCUT2D eigenvalue weighted by Crippen LogP contribution is 2.44. The molecule has 2 N–H and O–H groups in total. The monoisotopic (exact) mass is 198 g/mol. The number of rotatable bonds is 5. The Bertz CT molecular complexity index is 186. The van der Waals surface area contributed by atoms with E-state index >= 15 is 0 Å². The number of likely N-dealkylation sites (N-methyl/N-ethyl adjacent to an activating group) is 1. The van der Waals surface area contributed by atoms with Crippen LogP contribution in [0, 0.1) is 5.41 Å². The summed E-state index contributed by atoms with van der Waals surface area (Å²) in [5, 5.41) is 0. The number of hydrogen-bond acceptors (Lipinski definition) is 3. The summed E-state index contributed by atoms with van der Waals surface area (Å²) in [6.45, 7) is 4.05. The summed E-state index contributed by atoms with van der Waals surface area (Å²) >= 11 is 0. The van der Waals surface area contributed by atoms with Gasteiger partial charge in [0.2, 0.25) is 0 Å². The summed E-state index contributed by atoms with van der Waals surface area (Å²) in [5.41, 5.74) is 6.23. The van der Waals surface area contributed by atoms with E-state index in [0.29, 0.717) is 11.5 Å². The van der Waals surface area contributed by atoms with E-state index in [9.17, 15) is 0 Å². The molecule has 2 aliphatic rings. The lowest BCUT2D eigenvalue weighted by molar-refractivity contribution is 0.0756. The van der Waals surface area contributed by atoms with E-state index in [0.717, 1.165) is 26.2 Å². The summed E-state index contributed by atoms with van der Waals surface area (Å²) in [6, 6.07) is 0. The summed E-state index contributed by atoms with van der Waals surface area (Å²) in [7, 11) is 2.19. The van der Waals surface area contributed by atoms with Gasteiger partial charge in [-0.25, -0.2) is 0 Å². The van der Waals surface area contributed by atoms with Crippen molar-refractivity contribution in [2.45, 2.75) is 31.8 Å². The third-order valence-corrected chi connectivity index (χ3v) is 3.53. The van der Waals surface area contributed by atoms with Gasteiger partial charge in [-0.3, -0.25) is 0 Å². The van der Waals surface area contributed by atoms with Gasteiger partial charge in [0.15, 0.2) is 0 Å². The Kier molecular flexibility index (Phi) is 3.10. The minimum Gasteiger partial charge on any atom is -0.377 e. The van der Waals surface area contributed by atoms with Crippen LogP contribution < -0.4 is 5.73 Å². The molecule has 3 nitrogen and oxygen atoms in total. The molecule has 0 aromatic rings. The predicted molar refractivity (Wildman–Crippen MR) is 57.2 cm³/mol. The molecule has 3 heteroatoms. The van der Waals surface area contributed by atoms with Gasteiger partial charge in [0.25, 0.3) is 0 Å². The van der Waals surface area contributed by atoms with Crippen molar-refractivity contribution < 1.29 is 4.74 Å². The number of ether oxygens (including phenoxy) is 1. The molecule has 0 bridgehead atoms. The van der Waals surface area contributed by atoms with Crippen LogP contribution in [0.25, 0.3) is 0 Å². The first-order chi connectivity index (χ1) is 6.74. The van der Waals surface area contributed by atoms with Crippen molar-refractivity contribution in [1.82, 2.24) is 4.90 Å². The Balaban J connectivity index is 1.70. The molecule has 2 fully saturated rings. The van der Waals surface area contributed by atoms with Crippen LogP contribution in [0.15, 0.2) is 0 Å². The van der Waals surface area contributed by atoms with Gasteiger partial charge in [0.1, 0.15) is 0 Å². The second-order valence-corrected chi connectivity index (χ2v) is 5.04. The molecule has 1 heterocycles. The summed E-state index contributed by atoms with van der Waals surface area (Å²) < 4.78 is 5.62. The van der Waals surface area contributed by atoms with Crippen LogP contribution in [0.4, 0.5) is 0 Å². The minimum atomic E-state index is 0.466. The van der Waals surface area contributed by atoms with E-state index < -0.39 is 0 Å². The third-order valence-electron chi connectivity index (χ3n) is 3.53. The Morgan fingerprint density at radius 2 is 2.29 bits per heavy atom. The highest BCUT2D eigenvalue weighted by atomic mass is 16.5. The van der Waals surface area contributed by atoms with E-state index in [4.69, 9.17) is 10.5 Å². The molecule has 14 heavy (non-hydrogen) atoms. The van der Waals surface area contributed by atoms with Gasteiger partial charge < -0.3 is 15.4 Å². The van der Waals surface area contributed by atoms with Gasteiger partial charge in [-0.05, 0) is 44.7 Å². The van der Waals surface area contributed by atoms with Gasteiger partial charge in [0.05, 0.1) is 6.10 Å². The van der Waals surface area contributed by atoms with Crippen molar-refractivity contribution >= 4 is 0 Å². The molecule has 2 rings (SSSR count). The van der Waals surface area contributed by atoms with E-state index in [2.05, 4.69) is 11.9 Å². The maximum Gasteiger partial charge on any atom is 0.0702 e. The highest BCUT2D eigenvalue weighted by molar-refractivity contribution is 4.96. The van der Waals surface area contributed by atoms with E-state index in [1.165, 1.54) is 25.7 Å². The molecule has 1 saturated heterocycles.